The van der Waals surface area contributed by atoms with Crippen LogP contribution in [0.4, 0.5) is 5.69 Å². The Bertz CT molecular complexity index is 585. The molecular formula is C17H18BrNO. The molecule has 3 heteroatoms. The zero-order chi connectivity index (χ0) is 13.9. The van der Waals surface area contributed by atoms with Crippen molar-refractivity contribution in [2.45, 2.75) is 19.4 Å². The molecule has 0 radical (unpaired) electrons. The van der Waals surface area contributed by atoms with E-state index in [0.717, 1.165) is 41.7 Å². The first kappa shape index (κ1) is 13.7. The Morgan fingerprint density at radius 3 is 2.25 bits per heavy atom. The highest BCUT2D eigenvalue weighted by molar-refractivity contribution is 9.10. The van der Waals surface area contributed by atoms with Crippen LogP contribution in [0.1, 0.15) is 16.7 Å². The van der Waals surface area contributed by atoms with Crippen LogP contribution in [-0.2, 0) is 19.4 Å². The molecule has 1 heterocycles. The second kappa shape index (κ2) is 5.98. The molecular weight excluding hydrogens is 314 g/mol. The van der Waals surface area contributed by atoms with Gasteiger partial charge in [-0.2, -0.15) is 0 Å². The van der Waals surface area contributed by atoms with E-state index < -0.39 is 0 Å². The molecule has 0 saturated carbocycles. The molecule has 0 bridgehead atoms. The number of nitrogens with zero attached hydrogens (tertiary/aromatic N) is 1. The highest BCUT2D eigenvalue weighted by atomic mass is 79.9. The number of benzene rings is 2. The lowest BCUT2D eigenvalue weighted by molar-refractivity contribution is 0.282. The fourth-order valence-corrected chi connectivity index (χ4v) is 3.31. The summed E-state index contributed by atoms with van der Waals surface area (Å²) in [7, 11) is 0. The second-order valence-electron chi connectivity index (χ2n) is 5.19. The quantitative estimate of drug-likeness (QED) is 0.909. The van der Waals surface area contributed by atoms with Crippen molar-refractivity contribution in [2.24, 2.45) is 0 Å². The highest BCUT2D eigenvalue weighted by Gasteiger charge is 2.16. The van der Waals surface area contributed by atoms with Crippen LogP contribution in [0.2, 0.25) is 0 Å². The molecule has 0 aromatic heterocycles. The van der Waals surface area contributed by atoms with Crippen LogP contribution in [0.5, 0.6) is 0 Å². The Balaban J connectivity index is 1.87. The summed E-state index contributed by atoms with van der Waals surface area (Å²) in [6.45, 7) is 2.09. The van der Waals surface area contributed by atoms with Gasteiger partial charge in [-0.25, -0.2) is 0 Å². The van der Waals surface area contributed by atoms with Gasteiger partial charge in [0.25, 0.3) is 0 Å². The third-order valence-electron chi connectivity index (χ3n) is 3.97. The van der Waals surface area contributed by atoms with Crippen LogP contribution in [0.25, 0.3) is 0 Å². The maximum absolute atomic E-state index is 9.57. The molecule has 1 aliphatic rings. The summed E-state index contributed by atoms with van der Waals surface area (Å²) in [6, 6.07) is 14.9. The minimum atomic E-state index is 0.0816. The highest BCUT2D eigenvalue weighted by Crippen LogP contribution is 2.27. The Hall–Kier alpha value is -1.32. The van der Waals surface area contributed by atoms with Crippen LogP contribution < -0.4 is 4.90 Å². The molecule has 0 fully saturated rings. The average Bonchev–Trinajstić information content (AvgIpc) is 2.70. The van der Waals surface area contributed by atoms with Crippen molar-refractivity contribution in [2.75, 3.05) is 18.0 Å². The van der Waals surface area contributed by atoms with E-state index in [2.05, 4.69) is 51.2 Å². The number of aliphatic hydroxyl groups is 1. The van der Waals surface area contributed by atoms with E-state index in [1.807, 2.05) is 12.1 Å². The topological polar surface area (TPSA) is 23.5 Å². The second-order valence-corrected chi connectivity index (χ2v) is 6.10. The van der Waals surface area contributed by atoms with Crippen LogP contribution >= 0.6 is 15.9 Å². The SMILES string of the molecule is OCc1cc(Br)ccc1N1CCc2ccccc2CC1. The first-order chi connectivity index (χ1) is 9.78. The summed E-state index contributed by atoms with van der Waals surface area (Å²) in [5, 5.41) is 9.57. The summed E-state index contributed by atoms with van der Waals surface area (Å²) in [6.07, 6.45) is 2.13. The maximum Gasteiger partial charge on any atom is 0.0702 e. The minimum absolute atomic E-state index is 0.0816. The fourth-order valence-electron chi connectivity index (χ4n) is 2.90. The van der Waals surface area contributed by atoms with Crippen molar-refractivity contribution >= 4 is 21.6 Å². The number of halogens is 1. The molecule has 104 valence electrons. The molecule has 0 aliphatic carbocycles. The minimum Gasteiger partial charge on any atom is -0.392 e. The number of aliphatic hydroxyl groups excluding tert-OH is 1. The number of rotatable bonds is 2. The van der Waals surface area contributed by atoms with Gasteiger partial charge in [0, 0.05) is 28.8 Å². The van der Waals surface area contributed by atoms with Crippen molar-refractivity contribution in [3.8, 4) is 0 Å². The molecule has 1 N–H and O–H groups in total. The van der Waals surface area contributed by atoms with Crippen LogP contribution in [0, 0.1) is 0 Å². The van der Waals surface area contributed by atoms with Gasteiger partial charge in [-0.05, 0) is 42.2 Å². The van der Waals surface area contributed by atoms with Gasteiger partial charge in [-0.3, -0.25) is 0 Å². The Kier molecular flexibility index (Phi) is 4.08. The number of fused-ring (bicyclic) bond motifs is 1. The number of anilines is 1. The first-order valence-corrected chi connectivity index (χ1v) is 7.78. The largest absolute Gasteiger partial charge is 0.392 e. The monoisotopic (exact) mass is 331 g/mol. The lowest BCUT2D eigenvalue weighted by atomic mass is 10.0. The smallest absolute Gasteiger partial charge is 0.0702 e. The van der Waals surface area contributed by atoms with Gasteiger partial charge < -0.3 is 10.0 Å². The van der Waals surface area contributed by atoms with E-state index >= 15 is 0 Å². The van der Waals surface area contributed by atoms with Crippen LogP contribution in [0.15, 0.2) is 46.9 Å². The molecule has 0 atom stereocenters. The normalized spacial score (nSPS) is 14.8. The van der Waals surface area contributed by atoms with Gasteiger partial charge in [0.15, 0.2) is 0 Å². The van der Waals surface area contributed by atoms with Crippen molar-refractivity contribution in [1.82, 2.24) is 0 Å². The molecule has 3 rings (SSSR count). The number of hydrogen-bond donors (Lipinski definition) is 1. The molecule has 2 nitrogen and oxygen atoms in total. The van der Waals surface area contributed by atoms with Gasteiger partial charge in [0.2, 0.25) is 0 Å². The summed E-state index contributed by atoms with van der Waals surface area (Å²) >= 11 is 3.47. The zero-order valence-electron chi connectivity index (χ0n) is 11.3. The van der Waals surface area contributed by atoms with E-state index in [1.54, 1.807) is 0 Å². The van der Waals surface area contributed by atoms with E-state index in [9.17, 15) is 5.11 Å². The number of hydrogen-bond acceptors (Lipinski definition) is 2. The van der Waals surface area contributed by atoms with Crippen molar-refractivity contribution in [3.63, 3.8) is 0 Å². The lowest BCUT2D eigenvalue weighted by Gasteiger charge is -2.25. The Morgan fingerprint density at radius 2 is 1.65 bits per heavy atom. The van der Waals surface area contributed by atoms with E-state index in [-0.39, 0.29) is 6.61 Å². The fraction of sp³-hybridized carbons (Fsp3) is 0.294. The summed E-state index contributed by atoms with van der Waals surface area (Å²) < 4.78 is 1.02. The predicted octanol–water partition coefficient (Wildman–Crippen LogP) is 3.55. The predicted molar refractivity (Wildman–Crippen MR) is 86.1 cm³/mol. The van der Waals surface area contributed by atoms with E-state index in [4.69, 9.17) is 0 Å². The van der Waals surface area contributed by atoms with Crippen LogP contribution in [-0.4, -0.2) is 18.2 Å². The Labute approximate surface area is 128 Å². The van der Waals surface area contributed by atoms with Gasteiger partial charge in [-0.15, -0.1) is 0 Å². The van der Waals surface area contributed by atoms with E-state index in [0.29, 0.717) is 0 Å². The summed E-state index contributed by atoms with van der Waals surface area (Å²) in [5.41, 5.74) is 5.06. The molecule has 0 amide bonds. The van der Waals surface area contributed by atoms with Crippen LogP contribution in [0.3, 0.4) is 0 Å². The average molecular weight is 332 g/mol. The summed E-state index contributed by atoms with van der Waals surface area (Å²) in [4.78, 5) is 2.39. The van der Waals surface area contributed by atoms with Crippen molar-refractivity contribution in [3.05, 3.63) is 63.6 Å². The zero-order valence-corrected chi connectivity index (χ0v) is 12.9. The lowest BCUT2D eigenvalue weighted by Crippen LogP contribution is -2.27. The molecule has 2 aromatic carbocycles. The van der Waals surface area contributed by atoms with Gasteiger partial charge in [0.05, 0.1) is 6.61 Å². The molecule has 0 saturated heterocycles. The third kappa shape index (κ3) is 2.74. The molecule has 0 spiro atoms. The van der Waals surface area contributed by atoms with Gasteiger partial charge in [0.1, 0.15) is 0 Å². The van der Waals surface area contributed by atoms with E-state index in [1.165, 1.54) is 11.1 Å². The molecule has 1 aliphatic heterocycles. The summed E-state index contributed by atoms with van der Waals surface area (Å²) in [5.74, 6) is 0. The first-order valence-electron chi connectivity index (χ1n) is 6.99. The van der Waals surface area contributed by atoms with Crippen molar-refractivity contribution in [1.29, 1.82) is 0 Å². The molecule has 0 unspecified atom stereocenters. The third-order valence-corrected chi connectivity index (χ3v) is 4.47. The standard InChI is InChI=1S/C17H18BrNO/c18-16-5-6-17(15(11-16)12-20)19-9-7-13-3-1-2-4-14(13)8-10-19/h1-6,11,20H,7-10,12H2. The molecule has 2 aromatic rings. The van der Waals surface area contributed by atoms with Gasteiger partial charge in [-0.1, -0.05) is 40.2 Å². The van der Waals surface area contributed by atoms with Crippen molar-refractivity contribution < 1.29 is 5.11 Å². The Morgan fingerprint density at radius 1 is 1.00 bits per heavy atom. The molecule has 20 heavy (non-hydrogen) atoms. The maximum atomic E-state index is 9.57. The van der Waals surface area contributed by atoms with Gasteiger partial charge >= 0.3 is 0 Å².